The summed E-state index contributed by atoms with van der Waals surface area (Å²) in [5, 5.41) is 13.8. The first-order valence-electron chi connectivity index (χ1n) is 7.51. The molecule has 1 aliphatic heterocycles. The maximum absolute atomic E-state index is 13.0. The fourth-order valence-corrected chi connectivity index (χ4v) is 2.67. The van der Waals surface area contributed by atoms with Crippen LogP contribution in [0.15, 0.2) is 42.5 Å². The molecule has 1 aliphatic rings. The zero-order valence-corrected chi connectivity index (χ0v) is 13.2. The van der Waals surface area contributed by atoms with E-state index in [9.17, 15) is 24.1 Å². The van der Waals surface area contributed by atoms with Crippen molar-refractivity contribution in [2.75, 3.05) is 10.2 Å². The van der Waals surface area contributed by atoms with Crippen LogP contribution in [0.2, 0.25) is 0 Å². The predicted molar refractivity (Wildman–Crippen MR) is 88.8 cm³/mol. The molecule has 8 heteroatoms. The second-order valence-corrected chi connectivity index (χ2v) is 5.70. The molecule has 0 aromatic heterocycles. The van der Waals surface area contributed by atoms with Crippen molar-refractivity contribution in [1.82, 2.24) is 0 Å². The summed E-state index contributed by atoms with van der Waals surface area (Å²) in [6.45, 7) is 1.74. The Balaban J connectivity index is 1.84. The molecule has 1 unspecified atom stereocenters. The molecule has 0 bridgehead atoms. The number of nitrogens with zero attached hydrogens (tertiary/aromatic N) is 2. The highest BCUT2D eigenvalue weighted by Crippen LogP contribution is 2.28. The standard InChI is InChI=1S/C17H14FN3O4/c1-10-2-5-13(21(24)25)8-14(10)19-15-9-16(22)20(17(15)23)12-6-3-11(18)4-7-12/h2-8,15,19H,9H2,1H3. The highest BCUT2D eigenvalue weighted by molar-refractivity contribution is 6.23. The maximum Gasteiger partial charge on any atom is 0.271 e. The third-order valence-corrected chi connectivity index (χ3v) is 3.99. The Morgan fingerprint density at radius 1 is 1.20 bits per heavy atom. The molecular weight excluding hydrogens is 329 g/mol. The van der Waals surface area contributed by atoms with Crippen molar-refractivity contribution in [3.8, 4) is 0 Å². The first-order valence-corrected chi connectivity index (χ1v) is 7.51. The van der Waals surface area contributed by atoms with Crippen molar-refractivity contribution < 1.29 is 18.9 Å². The van der Waals surface area contributed by atoms with Crippen LogP contribution in [0, 0.1) is 22.9 Å². The van der Waals surface area contributed by atoms with Crippen LogP contribution in [0.1, 0.15) is 12.0 Å². The summed E-state index contributed by atoms with van der Waals surface area (Å²) in [4.78, 5) is 36.1. The molecule has 0 spiro atoms. The van der Waals surface area contributed by atoms with Gasteiger partial charge in [0.25, 0.3) is 11.6 Å². The van der Waals surface area contributed by atoms with Gasteiger partial charge in [-0.3, -0.25) is 19.7 Å². The van der Waals surface area contributed by atoms with Crippen LogP contribution in [-0.2, 0) is 9.59 Å². The van der Waals surface area contributed by atoms with Crippen LogP contribution < -0.4 is 10.2 Å². The lowest BCUT2D eigenvalue weighted by molar-refractivity contribution is -0.384. The van der Waals surface area contributed by atoms with Crippen LogP contribution in [0.4, 0.5) is 21.5 Å². The van der Waals surface area contributed by atoms with E-state index in [0.717, 1.165) is 4.90 Å². The summed E-state index contributed by atoms with van der Waals surface area (Å²) in [5.41, 5.74) is 1.31. The number of nitro benzene ring substituents is 1. The molecule has 1 atom stereocenters. The minimum Gasteiger partial charge on any atom is -0.373 e. The van der Waals surface area contributed by atoms with E-state index >= 15 is 0 Å². The highest BCUT2D eigenvalue weighted by atomic mass is 19.1. The number of halogens is 1. The lowest BCUT2D eigenvalue weighted by atomic mass is 10.1. The Hall–Kier alpha value is -3.29. The van der Waals surface area contributed by atoms with Crippen molar-refractivity contribution in [3.63, 3.8) is 0 Å². The Morgan fingerprint density at radius 3 is 2.52 bits per heavy atom. The molecule has 1 heterocycles. The van der Waals surface area contributed by atoms with E-state index in [1.54, 1.807) is 13.0 Å². The Labute approximate surface area is 142 Å². The van der Waals surface area contributed by atoms with E-state index in [0.29, 0.717) is 11.3 Å². The summed E-state index contributed by atoms with van der Waals surface area (Å²) in [5.74, 6) is -1.37. The Bertz CT molecular complexity index is 867. The average molecular weight is 343 g/mol. The number of hydrogen-bond acceptors (Lipinski definition) is 5. The summed E-state index contributed by atoms with van der Waals surface area (Å²) in [6.07, 6.45) is -0.0850. The number of anilines is 2. The van der Waals surface area contributed by atoms with Gasteiger partial charge >= 0.3 is 0 Å². The molecule has 1 fully saturated rings. The molecule has 3 rings (SSSR count). The third kappa shape index (κ3) is 3.18. The summed E-state index contributed by atoms with van der Waals surface area (Å²) in [6, 6.07) is 8.47. The summed E-state index contributed by atoms with van der Waals surface area (Å²) < 4.78 is 13.0. The first-order chi connectivity index (χ1) is 11.9. The average Bonchev–Trinajstić information content (AvgIpc) is 2.84. The lowest BCUT2D eigenvalue weighted by Gasteiger charge is -2.17. The maximum atomic E-state index is 13.0. The molecule has 0 radical (unpaired) electrons. The largest absolute Gasteiger partial charge is 0.373 e. The number of nitrogens with one attached hydrogen (secondary N) is 1. The number of aryl methyl sites for hydroxylation is 1. The van der Waals surface area contributed by atoms with E-state index in [-0.39, 0.29) is 17.8 Å². The molecule has 0 aliphatic carbocycles. The quantitative estimate of drug-likeness (QED) is 0.523. The monoisotopic (exact) mass is 343 g/mol. The number of nitro groups is 1. The third-order valence-electron chi connectivity index (χ3n) is 3.99. The normalized spacial score (nSPS) is 17.0. The van der Waals surface area contributed by atoms with Gasteiger partial charge in [-0.1, -0.05) is 6.07 Å². The predicted octanol–water partition coefficient (Wildman–Crippen LogP) is 2.79. The van der Waals surface area contributed by atoms with Crippen molar-refractivity contribution in [2.24, 2.45) is 0 Å². The molecule has 1 saturated heterocycles. The topological polar surface area (TPSA) is 92.6 Å². The van der Waals surface area contributed by atoms with Crippen LogP contribution in [0.3, 0.4) is 0 Å². The van der Waals surface area contributed by atoms with Gasteiger partial charge in [-0.25, -0.2) is 9.29 Å². The number of imide groups is 1. The molecule has 2 aromatic carbocycles. The van der Waals surface area contributed by atoms with E-state index in [4.69, 9.17) is 0 Å². The molecule has 1 N–H and O–H groups in total. The summed E-state index contributed by atoms with van der Waals surface area (Å²) in [7, 11) is 0. The number of amides is 2. The van der Waals surface area contributed by atoms with Crippen LogP contribution in [0.25, 0.3) is 0 Å². The van der Waals surface area contributed by atoms with Crippen molar-refractivity contribution >= 4 is 28.9 Å². The molecule has 7 nitrogen and oxygen atoms in total. The number of rotatable bonds is 4. The zero-order chi connectivity index (χ0) is 18.1. The lowest BCUT2D eigenvalue weighted by Crippen LogP contribution is -2.34. The summed E-state index contributed by atoms with van der Waals surface area (Å²) >= 11 is 0. The van der Waals surface area contributed by atoms with Crippen molar-refractivity contribution in [2.45, 2.75) is 19.4 Å². The van der Waals surface area contributed by atoms with Crippen LogP contribution in [0.5, 0.6) is 0 Å². The van der Waals surface area contributed by atoms with E-state index in [1.807, 2.05) is 0 Å². The molecule has 128 valence electrons. The van der Waals surface area contributed by atoms with E-state index in [1.165, 1.54) is 36.4 Å². The molecular formula is C17H14FN3O4. The van der Waals surface area contributed by atoms with Gasteiger partial charge in [0.1, 0.15) is 11.9 Å². The number of carbonyl (C=O) groups is 2. The highest BCUT2D eigenvalue weighted by Gasteiger charge is 2.39. The van der Waals surface area contributed by atoms with Gasteiger partial charge in [0, 0.05) is 17.8 Å². The molecule has 2 aromatic rings. The number of benzene rings is 2. The fraction of sp³-hybridized carbons (Fsp3) is 0.176. The first kappa shape index (κ1) is 16.6. The van der Waals surface area contributed by atoms with Crippen LogP contribution >= 0.6 is 0 Å². The number of non-ortho nitro benzene ring substituents is 1. The smallest absolute Gasteiger partial charge is 0.271 e. The van der Waals surface area contributed by atoms with Gasteiger partial charge in [-0.2, -0.15) is 0 Å². The van der Waals surface area contributed by atoms with E-state index < -0.39 is 28.6 Å². The number of hydrogen-bond donors (Lipinski definition) is 1. The SMILES string of the molecule is Cc1ccc([N+](=O)[O-])cc1NC1CC(=O)N(c2ccc(F)cc2)C1=O. The van der Waals surface area contributed by atoms with Crippen molar-refractivity contribution in [1.29, 1.82) is 0 Å². The molecule has 2 amide bonds. The zero-order valence-electron chi connectivity index (χ0n) is 13.2. The van der Waals surface area contributed by atoms with Gasteiger partial charge in [-0.05, 0) is 36.8 Å². The van der Waals surface area contributed by atoms with Gasteiger partial charge in [0.15, 0.2) is 0 Å². The Morgan fingerprint density at radius 2 is 1.88 bits per heavy atom. The number of carbonyl (C=O) groups excluding carboxylic acids is 2. The minimum absolute atomic E-state index is 0.0850. The van der Waals surface area contributed by atoms with Crippen LogP contribution in [-0.4, -0.2) is 22.8 Å². The second kappa shape index (κ2) is 6.31. The fourth-order valence-electron chi connectivity index (χ4n) is 2.67. The molecule has 25 heavy (non-hydrogen) atoms. The van der Waals surface area contributed by atoms with Gasteiger partial charge < -0.3 is 5.32 Å². The Kier molecular flexibility index (Phi) is 4.18. The second-order valence-electron chi connectivity index (χ2n) is 5.70. The van der Waals surface area contributed by atoms with Gasteiger partial charge in [0.2, 0.25) is 5.91 Å². The minimum atomic E-state index is -0.835. The molecule has 0 saturated carbocycles. The van der Waals surface area contributed by atoms with Gasteiger partial charge in [-0.15, -0.1) is 0 Å². The van der Waals surface area contributed by atoms with Gasteiger partial charge in [0.05, 0.1) is 17.0 Å². The van der Waals surface area contributed by atoms with Crippen molar-refractivity contribution in [3.05, 3.63) is 64.0 Å². The van der Waals surface area contributed by atoms with E-state index in [2.05, 4.69) is 5.32 Å².